The van der Waals surface area contributed by atoms with Crippen LogP contribution < -0.4 is 11.2 Å². The average molecular weight is 309 g/mol. The lowest BCUT2D eigenvalue weighted by atomic mass is 10.5. The van der Waals surface area contributed by atoms with Gasteiger partial charge in [-0.1, -0.05) is 0 Å². The fourth-order valence-corrected chi connectivity index (χ4v) is 2.61. The summed E-state index contributed by atoms with van der Waals surface area (Å²) in [4.78, 5) is 24.8. The number of hydrogen-bond acceptors (Lipinski definition) is 5. The molecule has 0 spiro atoms. The van der Waals surface area contributed by atoms with Crippen molar-refractivity contribution in [2.75, 3.05) is 12.4 Å². The highest BCUT2D eigenvalue weighted by Gasteiger charge is 2.27. The molecule has 1 aromatic rings. The van der Waals surface area contributed by atoms with E-state index in [0.717, 1.165) is 0 Å². The van der Waals surface area contributed by atoms with E-state index in [1.807, 2.05) is 0 Å². The second-order valence-corrected chi connectivity index (χ2v) is 5.23. The van der Waals surface area contributed by atoms with E-state index in [1.165, 1.54) is 22.5 Å². The Morgan fingerprint density at radius 1 is 1.69 bits per heavy atom. The van der Waals surface area contributed by atoms with E-state index in [9.17, 15) is 9.59 Å². The van der Waals surface area contributed by atoms with Crippen molar-refractivity contribution in [3.05, 3.63) is 31.5 Å². The number of aliphatic hydroxyl groups excluding tert-OH is 1. The van der Waals surface area contributed by atoms with Crippen molar-refractivity contribution in [1.82, 2.24) is 9.55 Å². The highest BCUT2D eigenvalue weighted by atomic mass is 79.9. The first-order chi connectivity index (χ1) is 7.61. The summed E-state index contributed by atoms with van der Waals surface area (Å²) in [6.07, 6.45) is 0.939. The van der Waals surface area contributed by atoms with Gasteiger partial charge in [0.25, 0.3) is 5.56 Å². The molecule has 0 aliphatic carbocycles. The number of hydrogen-bond donors (Lipinski definition) is 2. The first-order valence-corrected chi connectivity index (χ1v) is 6.35. The standard InChI is InChI=1S/C8H9BrN2O4S/c9-4-1-11(8(14)10-7(4)13)5-3-16-6(2-12)15-5/h1,5-6,12H,2-3H2,(H,10,13,14)/t5-,6+/m0/s1. The topological polar surface area (TPSA) is 84.3 Å². The molecule has 1 aromatic heterocycles. The molecule has 0 saturated carbocycles. The molecule has 88 valence electrons. The predicted octanol–water partition coefficient (Wildman–Crippen LogP) is -0.121. The van der Waals surface area contributed by atoms with Crippen molar-refractivity contribution in [1.29, 1.82) is 0 Å². The second kappa shape index (κ2) is 4.74. The third-order valence-corrected chi connectivity index (χ3v) is 3.79. The number of aromatic amines is 1. The third kappa shape index (κ3) is 2.24. The van der Waals surface area contributed by atoms with Crippen LogP contribution in [0.1, 0.15) is 6.23 Å². The molecule has 2 rings (SSSR count). The Morgan fingerprint density at radius 2 is 2.44 bits per heavy atom. The molecule has 0 amide bonds. The van der Waals surface area contributed by atoms with Gasteiger partial charge in [-0.05, 0) is 15.9 Å². The zero-order valence-electron chi connectivity index (χ0n) is 8.05. The van der Waals surface area contributed by atoms with Crippen molar-refractivity contribution < 1.29 is 9.84 Å². The lowest BCUT2D eigenvalue weighted by molar-refractivity contribution is -0.00651. The first kappa shape index (κ1) is 11.9. The minimum atomic E-state index is -0.516. The van der Waals surface area contributed by atoms with E-state index in [0.29, 0.717) is 5.75 Å². The molecule has 16 heavy (non-hydrogen) atoms. The first-order valence-electron chi connectivity index (χ1n) is 4.50. The average Bonchev–Trinajstić information content (AvgIpc) is 2.71. The monoisotopic (exact) mass is 308 g/mol. The highest BCUT2D eigenvalue weighted by Crippen LogP contribution is 2.30. The maximum Gasteiger partial charge on any atom is 0.330 e. The largest absolute Gasteiger partial charge is 0.393 e. The predicted molar refractivity (Wildman–Crippen MR) is 62.5 cm³/mol. The number of H-pyrrole nitrogens is 1. The number of ether oxygens (including phenoxy) is 1. The molecule has 1 aliphatic heterocycles. The smallest absolute Gasteiger partial charge is 0.330 e. The van der Waals surface area contributed by atoms with Gasteiger partial charge in [-0.3, -0.25) is 14.3 Å². The van der Waals surface area contributed by atoms with Gasteiger partial charge in [0.05, 0.1) is 11.1 Å². The fourth-order valence-electron chi connectivity index (χ4n) is 1.36. The number of rotatable bonds is 2. The fraction of sp³-hybridized carbons (Fsp3) is 0.500. The zero-order chi connectivity index (χ0) is 11.7. The lowest BCUT2D eigenvalue weighted by Gasteiger charge is -2.13. The van der Waals surface area contributed by atoms with Gasteiger partial charge in [0, 0.05) is 11.9 Å². The van der Waals surface area contributed by atoms with E-state index < -0.39 is 17.5 Å². The molecule has 6 nitrogen and oxygen atoms in total. The van der Waals surface area contributed by atoms with Crippen LogP contribution in [0.3, 0.4) is 0 Å². The van der Waals surface area contributed by atoms with Gasteiger partial charge in [0.2, 0.25) is 0 Å². The van der Waals surface area contributed by atoms with Gasteiger partial charge in [-0.25, -0.2) is 4.79 Å². The molecule has 0 bridgehead atoms. The van der Waals surface area contributed by atoms with Crippen LogP contribution >= 0.6 is 27.7 Å². The van der Waals surface area contributed by atoms with Crippen molar-refractivity contribution in [3.63, 3.8) is 0 Å². The van der Waals surface area contributed by atoms with E-state index >= 15 is 0 Å². The molecule has 2 heterocycles. The summed E-state index contributed by atoms with van der Waals surface area (Å²) < 4.78 is 6.98. The molecule has 0 radical (unpaired) electrons. The number of nitrogens with one attached hydrogen (secondary N) is 1. The van der Waals surface area contributed by atoms with Crippen molar-refractivity contribution in [3.8, 4) is 0 Å². The van der Waals surface area contributed by atoms with Gasteiger partial charge >= 0.3 is 5.69 Å². The lowest BCUT2D eigenvalue weighted by Crippen LogP contribution is -2.33. The Morgan fingerprint density at radius 3 is 3.06 bits per heavy atom. The van der Waals surface area contributed by atoms with E-state index in [4.69, 9.17) is 9.84 Å². The summed E-state index contributed by atoms with van der Waals surface area (Å²) in [5, 5.41) is 8.90. The maximum atomic E-state index is 11.5. The van der Waals surface area contributed by atoms with Crippen LogP contribution in [0.4, 0.5) is 0 Å². The van der Waals surface area contributed by atoms with Gasteiger partial charge in [0.15, 0.2) is 0 Å². The Kier molecular flexibility index (Phi) is 3.53. The third-order valence-electron chi connectivity index (χ3n) is 2.12. The second-order valence-electron chi connectivity index (χ2n) is 3.18. The van der Waals surface area contributed by atoms with Gasteiger partial charge in [0.1, 0.15) is 11.7 Å². The Bertz CT molecular complexity index is 500. The number of aliphatic hydroxyl groups is 1. The van der Waals surface area contributed by atoms with Crippen LogP contribution in [-0.4, -0.2) is 32.5 Å². The number of aromatic nitrogens is 2. The van der Waals surface area contributed by atoms with Crippen LogP contribution in [0.25, 0.3) is 0 Å². The van der Waals surface area contributed by atoms with Crippen molar-refractivity contribution in [2.45, 2.75) is 11.7 Å². The molecular weight excluding hydrogens is 300 g/mol. The summed E-state index contributed by atoms with van der Waals surface area (Å²) in [5.74, 6) is 0.559. The molecule has 0 aromatic carbocycles. The minimum absolute atomic E-state index is 0.0968. The van der Waals surface area contributed by atoms with Crippen LogP contribution in [0, 0.1) is 0 Å². The molecule has 1 saturated heterocycles. The number of halogens is 1. The molecule has 1 aliphatic rings. The molecule has 0 unspecified atom stereocenters. The maximum absolute atomic E-state index is 11.5. The van der Waals surface area contributed by atoms with E-state index in [2.05, 4.69) is 20.9 Å². The van der Waals surface area contributed by atoms with Crippen LogP contribution in [0.2, 0.25) is 0 Å². The Labute approximate surface area is 103 Å². The Balaban J connectivity index is 2.32. The Hall–Kier alpha value is -0.570. The summed E-state index contributed by atoms with van der Waals surface area (Å²) in [6, 6.07) is 0. The summed E-state index contributed by atoms with van der Waals surface area (Å²) in [7, 11) is 0. The summed E-state index contributed by atoms with van der Waals surface area (Å²) in [5.41, 5.74) is -1.30. The minimum Gasteiger partial charge on any atom is -0.393 e. The van der Waals surface area contributed by atoms with Gasteiger partial charge < -0.3 is 9.84 Å². The van der Waals surface area contributed by atoms with Crippen LogP contribution in [0.15, 0.2) is 20.3 Å². The normalized spacial score (nSPS) is 24.9. The molecular formula is C8H9BrN2O4S. The SMILES string of the molecule is O=c1[nH]c(=O)n([C@@H]2CS[C@H](CO)O2)cc1Br. The summed E-state index contributed by atoms with van der Waals surface area (Å²) in [6.45, 7) is -0.0968. The molecule has 1 fully saturated rings. The van der Waals surface area contributed by atoms with Gasteiger partial charge in [-0.15, -0.1) is 11.8 Å². The van der Waals surface area contributed by atoms with Crippen LogP contribution in [-0.2, 0) is 4.74 Å². The molecule has 8 heteroatoms. The molecule has 2 N–H and O–H groups in total. The van der Waals surface area contributed by atoms with Gasteiger partial charge in [-0.2, -0.15) is 0 Å². The van der Waals surface area contributed by atoms with Crippen molar-refractivity contribution >= 4 is 27.7 Å². The van der Waals surface area contributed by atoms with E-state index in [1.54, 1.807) is 0 Å². The molecule has 2 atom stereocenters. The summed E-state index contributed by atoms with van der Waals surface area (Å²) >= 11 is 4.47. The van der Waals surface area contributed by atoms with Crippen molar-refractivity contribution in [2.24, 2.45) is 0 Å². The van der Waals surface area contributed by atoms with E-state index in [-0.39, 0.29) is 16.5 Å². The van der Waals surface area contributed by atoms with Crippen LogP contribution in [0.5, 0.6) is 0 Å². The number of thioether (sulfide) groups is 1. The highest BCUT2D eigenvalue weighted by molar-refractivity contribution is 9.10. The quantitative estimate of drug-likeness (QED) is 0.796. The zero-order valence-corrected chi connectivity index (χ0v) is 10.5. The number of nitrogens with zero attached hydrogens (tertiary/aromatic N) is 1.